The molecule has 3 fully saturated rings. The highest BCUT2D eigenvalue weighted by Crippen LogP contribution is 2.47. The van der Waals surface area contributed by atoms with Gasteiger partial charge in [0.05, 0.1) is 0 Å². The summed E-state index contributed by atoms with van der Waals surface area (Å²) in [4.78, 5) is 26.5. The summed E-state index contributed by atoms with van der Waals surface area (Å²) in [6, 6.07) is 3.93. The van der Waals surface area contributed by atoms with Crippen LogP contribution in [0.4, 0.5) is 35.5 Å². The fraction of sp³-hybridized carbons (Fsp3) is 0.667. The molecular formula is C24H27F7N2O5. The van der Waals surface area contributed by atoms with Crippen LogP contribution in [0.1, 0.15) is 44.1 Å². The highest BCUT2D eigenvalue weighted by molar-refractivity contribution is 5.78. The first kappa shape index (κ1) is 28.2. The third-order valence-corrected chi connectivity index (χ3v) is 7.70. The average Bonchev–Trinajstić information content (AvgIpc) is 3.53. The molecule has 0 radical (unpaired) electrons. The third-order valence-electron chi connectivity index (χ3n) is 7.70. The van der Waals surface area contributed by atoms with Crippen LogP contribution in [-0.4, -0.2) is 77.2 Å². The lowest BCUT2D eigenvalue weighted by Crippen LogP contribution is -2.54. The Labute approximate surface area is 213 Å². The summed E-state index contributed by atoms with van der Waals surface area (Å²) in [5.41, 5.74) is -0.946. The minimum absolute atomic E-state index is 0.0555. The SMILES string of the molecule is O=C(OC(C(F)(F)F)C(F)(F)F)N1CCC2(CCCN2Cc2cc(F)ccc2OCC2(C(=O)O)CC2)CC1. The van der Waals surface area contributed by atoms with Crippen LogP contribution in [0, 0.1) is 11.2 Å². The zero-order valence-electron chi connectivity index (χ0n) is 20.2. The number of benzene rings is 1. The van der Waals surface area contributed by atoms with Gasteiger partial charge in [-0.3, -0.25) is 9.69 Å². The molecule has 1 saturated carbocycles. The number of nitrogens with zero attached hydrogens (tertiary/aromatic N) is 2. The largest absolute Gasteiger partial charge is 0.492 e. The predicted molar refractivity (Wildman–Crippen MR) is 117 cm³/mol. The molecule has 0 bridgehead atoms. The van der Waals surface area contributed by atoms with Gasteiger partial charge in [0.15, 0.2) is 0 Å². The van der Waals surface area contributed by atoms with Gasteiger partial charge in [-0.25, -0.2) is 9.18 Å². The van der Waals surface area contributed by atoms with Crippen molar-refractivity contribution in [3.63, 3.8) is 0 Å². The lowest BCUT2D eigenvalue weighted by Gasteiger charge is -2.45. The fourth-order valence-corrected chi connectivity index (χ4v) is 5.21. The first-order valence-electron chi connectivity index (χ1n) is 12.1. The molecule has 0 atom stereocenters. The van der Waals surface area contributed by atoms with Crippen LogP contribution in [0.25, 0.3) is 0 Å². The summed E-state index contributed by atoms with van der Waals surface area (Å²) in [5.74, 6) is -1.13. The quantitative estimate of drug-likeness (QED) is 0.470. The molecule has 2 heterocycles. The highest BCUT2D eigenvalue weighted by Gasteiger charge is 2.60. The third kappa shape index (κ3) is 5.94. The maximum atomic E-state index is 14.1. The van der Waals surface area contributed by atoms with E-state index in [1.807, 2.05) is 0 Å². The summed E-state index contributed by atoms with van der Waals surface area (Å²) in [5, 5.41) is 9.38. The second kappa shape index (κ2) is 10.1. The first-order valence-corrected chi connectivity index (χ1v) is 12.1. The van der Waals surface area contributed by atoms with Gasteiger partial charge in [0.1, 0.15) is 23.6 Å². The smallest absolute Gasteiger partial charge is 0.434 e. The molecule has 2 aliphatic heterocycles. The molecule has 7 nitrogen and oxygen atoms in total. The zero-order valence-corrected chi connectivity index (χ0v) is 20.2. The van der Waals surface area contributed by atoms with E-state index in [4.69, 9.17) is 4.74 Å². The van der Waals surface area contributed by atoms with Crippen molar-refractivity contribution in [2.75, 3.05) is 26.2 Å². The first-order chi connectivity index (χ1) is 17.7. The number of carboxylic acids is 1. The highest BCUT2D eigenvalue weighted by atomic mass is 19.4. The van der Waals surface area contributed by atoms with E-state index in [0.29, 0.717) is 37.1 Å². The van der Waals surface area contributed by atoms with Gasteiger partial charge in [-0.1, -0.05) is 0 Å². The number of hydrogen-bond acceptors (Lipinski definition) is 5. The lowest BCUT2D eigenvalue weighted by molar-refractivity contribution is -0.308. The molecular weight excluding hydrogens is 529 g/mol. The Hall–Kier alpha value is -2.77. The van der Waals surface area contributed by atoms with E-state index in [0.717, 1.165) is 11.3 Å². The van der Waals surface area contributed by atoms with Crippen molar-refractivity contribution in [1.29, 1.82) is 0 Å². The van der Waals surface area contributed by atoms with Crippen molar-refractivity contribution in [3.05, 3.63) is 29.6 Å². The average molecular weight is 556 g/mol. The van der Waals surface area contributed by atoms with Crippen LogP contribution in [-0.2, 0) is 16.1 Å². The fourth-order valence-electron chi connectivity index (χ4n) is 5.21. The van der Waals surface area contributed by atoms with Crippen LogP contribution in [0.5, 0.6) is 5.75 Å². The molecule has 1 N–H and O–H groups in total. The number of piperidine rings is 1. The number of hydrogen-bond donors (Lipinski definition) is 1. The van der Waals surface area contributed by atoms with E-state index in [2.05, 4.69) is 9.64 Å². The van der Waals surface area contributed by atoms with Crippen molar-refractivity contribution >= 4 is 12.1 Å². The number of rotatable bonds is 7. The van der Waals surface area contributed by atoms with E-state index < -0.39 is 47.3 Å². The van der Waals surface area contributed by atoms with Crippen LogP contribution < -0.4 is 4.74 Å². The van der Waals surface area contributed by atoms with Gasteiger partial charge < -0.3 is 19.5 Å². The number of halogens is 7. The molecule has 1 aromatic rings. The summed E-state index contributed by atoms with van der Waals surface area (Å²) < 4.78 is 100. The number of ether oxygens (including phenoxy) is 2. The minimum Gasteiger partial charge on any atom is -0.492 e. The van der Waals surface area contributed by atoms with E-state index in [1.54, 1.807) is 0 Å². The molecule has 38 heavy (non-hydrogen) atoms. The maximum absolute atomic E-state index is 14.1. The van der Waals surface area contributed by atoms with E-state index in [1.165, 1.54) is 18.2 Å². The number of carbonyl (C=O) groups is 2. The van der Waals surface area contributed by atoms with Crippen LogP contribution >= 0.6 is 0 Å². The number of aliphatic carboxylic acids is 1. The molecule has 2 saturated heterocycles. The van der Waals surface area contributed by atoms with Crippen LogP contribution in [0.15, 0.2) is 18.2 Å². The lowest BCUT2D eigenvalue weighted by atomic mass is 9.85. The van der Waals surface area contributed by atoms with Crippen molar-refractivity contribution < 1.29 is 54.9 Å². The van der Waals surface area contributed by atoms with Crippen molar-refractivity contribution in [3.8, 4) is 5.75 Å². The van der Waals surface area contributed by atoms with Gasteiger partial charge >= 0.3 is 24.4 Å². The zero-order chi connectivity index (χ0) is 27.9. The molecule has 1 amide bonds. The minimum atomic E-state index is -5.79. The number of carbonyl (C=O) groups excluding carboxylic acids is 1. The number of likely N-dealkylation sites (tertiary alicyclic amines) is 2. The van der Waals surface area contributed by atoms with Crippen LogP contribution in [0.3, 0.4) is 0 Å². The Kier molecular flexibility index (Phi) is 7.49. The van der Waals surface area contributed by atoms with Crippen molar-refractivity contribution in [2.45, 2.75) is 69.1 Å². The van der Waals surface area contributed by atoms with Crippen molar-refractivity contribution in [1.82, 2.24) is 9.80 Å². The summed E-state index contributed by atoms with van der Waals surface area (Å²) >= 11 is 0. The summed E-state index contributed by atoms with van der Waals surface area (Å²) in [7, 11) is 0. The Morgan fingerprint density at radius 2 is 1.61 bits per heavy atom. The Morgan fingerprint density at radius 3 is 2.16 bits per heavy atom. The molecule has 14 heteroatoms. The molecule has 0 aromatic heterocycles. The van der Waals surface area contributed by atoms with Gasteiger partial charge in [-0.2, -0.15) is 26.3 Å². The number of alkyl halides is 6. The van der Waals surface area contributed by atoms with E-state index >= 15 is 0 Å². The van der Waals surface area contributed by atoms with Gasteiger partial charge in [0.2, 0.25) is 0 Å². The standard InChI is InChI=1S/C24H27F7N2O5/c25-16-2-3-17(37-14-21(5-6-21)19(34)35)15(12-16)13-33-9-1-4-22(33)7-10-32(11-8-22)20(36)38-18(23(26,27)28)24(29,30)31/h2-3,12,18H,1,4-11,13-14H2,(H,34,35). The normalized spacial score (nSPS) is 21.1. The van der Waals surface area contributed by atoms with Crippen molar-refractivity contribution in [2.24, 2.45) is 5.41 Å². The molecule has 212 valence electrons. The molecule has 3 aliphatic rings. The second-order valence-corrected chi connectivity index (χ2v) is 10.2. The maximum Gasteiger partial charge on any atom is 0.434 e. The van der Waals surface area contributed by atoms with Gasteiger partial charge in [-0.05, 0) is 63.3 Å². The number of carboxylic acid groups (broad SMARTS) is 1. The summed E-state index contributed by atoms with van der Waals surface area (Å²) in [6.45, 7) is 0.572. The summed E-state index contributed by atoms with van der Waals surface area (Å²) in [6.07, 6.45) is -14.5. The molecule has 4 rings (SSSR count). The molecule has 0 unspecified atom stereocenters. The Bertz CT molecular complexity index is 1040. The molecule has 1 spiro atoms. The number of amides is 1. The molecule has 1 aliphatic carbocycles. The predicted octanol–water partition coefficient (Wildman–Crippen LogP) is 5.13. The Balaban J connectivity index is 1.41. The van der Waals surface area contributed by atoms with E-state index in [9.17, 15) is 45.4 Å². The van der Waals surface area contributed by atoms with E-state index in [-0.39, 0.29) is 39.1 Å². The van der Waals surface area contributed by atoms with Crippen LogP contribution in [0.2, 0.25) is 0 Å². The second-order valence-electron chi connectivity index (χ2n) is 10.2. The molecule has 1 aromatic carbocycles. The van der Waals surface area contributed by atoms with Gasteiger partial charge in [-0.15, -0.1) is 0 Å². The van der Waals surface area contributed by atoms with Gasteiger partial charge in [0, 0.05) is 30.7 Å². The van der Waals surface area contributed by atoms with Gasteiger partial charge in [0.25, 0.3) is 6.10 Å². The monoisotopic (exact) mass is 556 g/mol. The topological polar surface area (TPSA) is 79.3 Å². The Morgan fingerprint density at radius 1 is 0.974 bits per heavy atom.